The maximum absolute atomic E-state index is 12.2. The molecule has 0 spiro atoms. The Labute approximate surface area is 163 Å². The number of aliphatic hydroxyl groups excluding tert-OH is 1. The molecule has 144 valence electrons. The van der Waals surface area contributed by atoms with Gasteiger partial charge in [0, 0.05) is 17.0 Å². The molecule has 0 bridgehead atoms. The SMILES string of the molecule is Cc1sc(OC(=O)NCc2ccc(OCCO)cc2)c2c1[C@H]1[C@@H](C2)C1(C)C. The molecule has 1 saturated carbocycles. The van der Waals surface area contributed by atoms with Crippen LogP contribution in [0, 0.1) is 18.3 Å². The Morgan fingerprint density at radius 3 is 2.78 bits per heavy atom. The van der Waals surface area contributed by atoms with Crippen molar-refractivity contribution in [3.05, 3.63) is 45.8 Å². The van der Waals surface area contributed by atoms with Crippen LogP contribution in [0.3, 0.4) is 0 Å². The fraction of sp³-hybridized carbons (Fsp3) is 0.476. The first-order chi connectivity index (χ1) is 12.9. The lowest BCUT2D eigenvalue weighted by atomic mass is 9.96. The lowest BCUT2D eigenvalue weighted by Crippen LogP contribution is -2.26. The zero-order valence-electron chi connectivity index (χ0n) is 15.9. The van der Waals surface area contributed by atoms with Crippen LogP contribution in [-0.2, 0) is 13.0 Å². The third-order valence-electron chi connectivity index (χ3n) is 5.89. The second kappa shape index (κ2) is 6.84. The standard InChI is InChI=1S/C21H25NO4S/c1-12-17-15(10-16-18(17)21(16,2)3)19(27-12)26-20(24)22-11-13-4-6-14(7-5-13)25-9-8-23/h4-7,16,18,23H,8-11H2,1-3H3,(H,22,24)/t16-,18-/m1/s1. The van der Waals surface area contributed by atoms with E-state index >= 15 is 0 Å². The molecule has 1 amide bonds. The maximum atomic E-state index is 12.2. The number of hydrogen-bond donors (Lipinski definition) is 2. The third-order valence-corrected chi connectivity index (χ3v) is 6.93. The van der Waals surface area contributed by atoms with Gasteiger partial charge in [0.2, 0.25) is 0 Å². The van der Waals surface area contributed by atoms with Crippen molar-refractivity contribution < 1.29 is 19.4 Å². The minimum atomic E-state index is -0.417. The van der Waals surface area contributed by atoms with Crippen molar-refractivity contribution in [2.75, 3.05) is 13.2 Å². The number of thiophene rings is 1. The Kier molecular flexibility index (Phi) is 4.64. The molecule has 0 unspecified atom stereocenters. The van der Waals surface area contributed by atoms with Crippen LogP contribution in [0.5, 0.6) is 10.8 Å². The van der Waals surface area contributed by atoms with Crippen LogP contribution in [0.2, 0.25) is 0 Å². The number of carbonyl (C=O) groups is 1. The molecule has 1 aromatic carbocycles. The van der Waals surface area contributed by atoms with E-state index in [4.69, 9.17) is 14.6 Å². The molecule has 5 nitrogen and oxygen atoms in total. The minimum absolute atomic E-state index is 0.0139. The molecule has 1 fully saturated rings. The molecule has 2 N–H and O–H groups in total. The topological polar surface area (TPSA) is 67.8 Å². The first-order valence-electron chi connectivity index (χ1n) is 9.32. The fourth-order valence-corrected chi connectivity index (χ4v) is 5.41. The Morgan fingerprint density at radius 1 is 1.33 bits per heavy atom. The summed E-state index contributed by atoms with van der Waals surface area (Å²) in [4.78, 5) is 13.5. The number of hydrogen-bond acceptors (Lipinski definition) is 5. The maximum Gasteiger partial charge on any atom is 0.413 e. The summed E-state index contributed by atoms with van der Waals surface area (Å²) in [5, 5.41) is 12.3. The van der Waals surface area contributed by atoms with E-state index in [1.54, 1.807) is 11.3 Å². The van der Waals surface area contributed by atoms with Gasteiger partial charge in [-0.1, -0.05) is 26.0 Å². The normalized spacial score (nSPS) is 21.3. The van der Waals surface area contributed by atoms with Gasteiger partial charge in [0.15, 0.2) is 5.06 Å². The molecule has 2 aliphatic carbocycles. The van der Waals surface area contributed by atoms with Gasteiger partial charge in [-0.2, -0.15) is 0 Å². The predicted octanol–water partition coefficient (Wildman–Crippen LogP) is 4.01. The molecule has 0 aliphatic heterocycles. The van der Waals surface area contributed by atoms with Gasteiger partial charge in [-0.25, -0.2) is 4.79 Å². The zero-order valence-corrected chi connectivity index (χ0v) is 16.7. The van der Waals surface area contributed by atoms with Gasteiger partial charge in [0.25, 0.3) is 0 Å². The summed E-state index contributed by atoms with van der Waals surface area (Å²) in [5.74, 6) is 2.03. The summed E-state index contributed by atoms with van der Waals surface area (Å²) in [7, 11) is 0. The van der Waals surface area contributed by atoms with Gasteiger partial charge in [-0.15, -0.1) is 11.3 Å². The number of aryl methyl sites for hydroxylation is 1. The summed E-state index contributed by atoms with van der Waals surface area (Å²) in [6, 6.07) is 7.41. The van der Waals surface area contributed by atoms with Crippen LogP contribution < -0.4 is 14.8 Å². The van der Waals surface area contributed by atoms with Crippen molar-refractivity contribution in [1.29, 1.82) is 0 Å². The third kappa shape index (κ3) is 3.32. The van der Waals surface area contributed by atoms with Crippen LogP contribution in [0.4, 0.5) is 4.79 Å². The molecular formula is C21H25NO4S. The highest BCUT2D eigenvalue weighted by Crippen LogP contribution is 2.72. The van der Waals surface area contributed by atoms with E-state index < -0.39 is 6.09 Å². The molecule has 27 heavy (non-hydrogen) atoms. The van der Waals surface area contributed by atoms with Gasteiger partial charge in [0.1, 0.15) is 12.4 Å². The van der Waals surface area contributed by atoms with Crippen LogP contribution in [-0.4, -0.2) is 24.4 Å². The van der Waals surface area contributed by atoms with Crippen LogP contribution in [0.1, 0.15) is 41.3 Å². The zero-order chi connectivity index (χ0) is 19.2. The lowest BCUT2D eigenvalue weighted by Gasteiger charge is -2.10. The monoisotopic (exact) mass is 387 g/mol. The van der Waals surface area contributed by atoms with Gasteiger partial charge in [-0.05, 0) is 53.9 Å². The molecule has 4 rings (SSSR count). The van der Waals surface area contributed by atoms with Gasteiger partial charge >= 0.3 is 6.09 Å². The first kappa shape index (κ1) is 18.3. The Morgan fingerprint density at radius 2 is 2.07 bits per heavy atom. The number of ether oxygens (including phenoxy) is 2. The van der Waals surface area contributed by atoms with Crippen LogP contribution in [0.25, 0.3) is 0 Å². The number of fused-ring (bicyclic) bond motifs is 3. The van der Waals surface area contributed by atoms with E-state index in [1.807, 2.05) is 24.3 Å². The number of amides is 1. The highest BCUT2D eigenvalue weighted by Gasteiger charge is 2.63. The average molecular weight is 388 g/mol. The smallest absolute Gasteiger partial charge is 0.413 e. The molecule has 6 heteroatoms. The largest absolute Gasteiger partial charge is 0.491 e. The average Bonchev–Trinajstić information content (AvgIpc) is 2.96. The fourth-order valence-electron chi connectivity index (χ4n) is 4.34. The quantitative estimate of drug-likeness (QED) is 0.786. The van der Waals surface area contributed by atoms with E-state index in [-0.39, 0.29) is 13.2 Å². The van der Waals surface area contributed by atoms with Crippen molar-refractivity contribution in [2.24, 2.45) is 11.3 Å². The number of aliphatic hydroxyl groups is 1. The number of carbonyl (C=O) groups excluding carboxylic acids is 1. The molecular weight excluding hydrogens is 362 g/mol. The van der Waals surface area contributed by atoms with E-state index in [0.717, 1.165) is 17.0 Å². The lowest BCUT2D eigenvalue weighted by molar-refractivity contribution is 0.200. The summed E-state index contributed by atoms with van der Waals surface area (Å²) in [5.41, 5.74) is 4.02. The Hall–Kier alpha value is -2.05. The van der Waals surface area contributed by atoms with Crippen molar-refractivity contribution >= 4 is 17.4 Å². The number of benzene rings is 1. The van der Waals surface area contributed by atoms with Crippen molar-refractivity contribution in [1.82, 2.24) is 5.32 Å². The Balaban J connectivity index is 1.33. The van der Waals surface area contributed by atoms with E-state index in [0.29, 0.717) is 29.5 Å². The molecule has 0 radical (unpaired) electrons. The van der Waals surface area contributed by atoms with Crippen molar-refractivity contribution in [3.63, 3.8) is 0 Å². The molecule has 2 aliphatic rings. The Bertz CT molecular complexity index is 856. The van der Waals surface area contributed by atoms with Gasteiger partial charge < -0.3 is 19.9 Å². The summed E-state index contributed by atoms with van der Waals surface area (Å²) >= 11 is 1.59. The summed E-state index contributed by atoms with van der Waals surface area (Å²) < 4.78 is 11.0. The number of nitrogens with one attached hydrogen (secondary N) is 1. The van der Waals surface area contributed by atoms with Gasteiger partial charge in [0.05, 0.1) is 6.61 Å². The molecule has 2 atom stereocenters. The summed E-state index contributed by atoms with van der Waals surface area (Å²) in [6.07, 6.45) is 0.606. The molecule has 2 aromatic rings. The predicted molar refractivity (Wildman–Crippen MR) is 105 cm³/mol. The van der Waals surface area contributed by atoms with Crippen LogP contribution >= 0.6 is 11.3 Å². The highest BCUT2D eigenvalue weighted by molar-refractivity contribution is 7.14. The highest BCUT2D eigenvalue weighted by atomic mass is 32.1. The van der Waals surface area contributed by atoms with Crippen molar-refractivity contribution in [3.8, 4) is 10.8 Å². The van der Waals surface area contributed by atoms with E-state index in [9.17, 15) is 4.79 Å². The second-order valence-electron chi connectivity index (χ2n) is 7.91. The van der Waals surface area contributed by atoms with Gasteiger partial charge in [-0.3, -0.25) is 0 Å². The van der Waals surface area contributed by atoms with E-state index in [1.165, 1.54) is 16.0 Å². The minimum Gasteiger partial charge on any atom is -0.491 e. The number of rotatable bonds is 6. The van der Waals surface area contributed by atoms with E-state index in [2.05, 4.69) is 26.1 Å². The van der Waals surface area contributed by atoms with Crippen LogP contribution in [0.15, 0.2) is 24.3 Å². The first-order valence-corrected chi connectivity index (χ1v) is 10.1. The second-order valence-corrected chi connectivity index (χ2v) is 9.09. The molecule has 0 saturated heterocycles. The molecule has 1 heterocycles. The molecule has 1 aromatic heterocycles. The van der Waals surface area contributed by atoms with Crippen molar-refractivity contribution in [2.45, 2.75) is 39.7 Å². The summed E-state index contributed by atoms with van der Waals surface area (Å²) in [6.45, 7) is 7.44.